The Morgan fingerprint density at radius 1 is 1.50 bits per heavy atom. The number of fused-ring (bicyclic) bond motifs is 1. The van der Waals surface area contributed by atoms with Crippen molar-refractivity contribution in [2.45, 2.75) is 38.1 Å². The van der Waals surface area contributed by atoms with Gasteiger partial charge in [0.25, 0.3) is 0 Å². The topological polar surface area (TPSA) is 17.8 Å². The summed E-state index contributed by atoms with van der Waals surface area (Å²) in [4.78, 5) is 4.67. The van der Waals surface area contributed by atoms with E-state index in [1.807, 2.05) is 6.92 Å². The summed E-state index contributed by atoms with van der Waals surface area (Å²) in [5.41, 5.74) is 2.23. The van der Waals surface area contributed by atoms with E-state index in [9.17, 15) is 0 Å². The van der Waals surface area contributed by atoms with Crippen molar-refractivity contribution in [3.05, 3.63) is 28.5 Å². The van der Waals surface area contributed by atoms with E-state index in [-0.39, 0.29) is 5.38 Å². The molecule has 2 nitrogen and oxygen atoms in total. The second-order valence-electron chi connectivity index (χ2n) is 5.10. The van der Waals surface area contributed by atoms with E-state index < -0.39 is 0 Å². The average Bonchev–Trinajstić information content (AvgIpc) is 3.07. The summed E-state index contributed by atoms with van der Waals surface area (Å²) in [5, 5.41) is -0.0459. The highest BCUT2D eigenvalue weighted by Gasteiger charge is 2.22. The molecule has 1 aliphatic rings. The maximum Gasteiger partial charge on any atom is 0.127 e. The number of imidazole rings is 1. The molecule has 0 saturated heterocycles. The van der Waals surface area contributed by atoms with Gasteiger partial charge in [0.2, 0.25) is 0 Å². The van der Waals surface area contributed by atoms with Gasteiger partial charge in [-0.3, -0.25) is 0 Å². The molecule has 3 rings (SSSR count). The molecule has 18 heavy (non-hydrogen) atoms. The molecule has 1 aromatic carbocycles. The Labute approximate surface area is 120 Å². The fraction of sp³-hybridized carbons (Fsp3) is 0.500. The maximum atomic E-state index is 6.26. The molecule has 0 N–H and O–H groups in total. The lowest BCUT2D eigenvalue weighted by Gasteiger charge is -2.10. The Kier molecular flexibility index (Phi) is 3.37. The van der Waals surface area contributed by atoms with Crippen LogP contribution in [0.5, 0.6) is 0 Å². The minimum Gasteiger partial charge on any atom is -0.327 e. The normalized spacial score (nSPS) is 17.3. The molecule has 1 heterocycles. The predicted octanol–water partition coefficient (Wildman–Crippen LogP) is 4.90. The highest BCUT2D eigenvalue weighted by atomic mass is 79.9. The fourth-order valence-corrected chi connectivity index (χ4v) is 2.89. The lowest BCUT2D eigenvalue weighted by atomic mass is 10.2. The van der Waals surface area contributed by atoms with Crippen LogP contribution >= 0.6 is 27.5 Å². The van der Waals surface area contributed by atoms with Crippen LogP contribution in [0.3, 0.4) is 0 Å². The number of aryl methyl sites for hydroxylation is 1. The van der Waals surface area contributed by atoms with Gasteiger partial charge in [0.15, 0.2) is 0 Å². The van der Waals surface area contributed by atoms with Crippen molar-refractivity contribution in [3.8, 4) is 0 Å². The lowest BCUT2D eigenvalue weighted by molar-refractivity contribution is 0.585. The first kappa shape index (κ1) is 12.5. The van der Waals surface area contributed by atoms with Gasteiger partial charge in [-0.15, -0.1) is 11.6 Å². The first-order chi connectivity index (χ1) is 8.65. The first-order valence-corrected chi connectivity index (χ1v) is 7.68. The smallest absolute Gasteiger partial charge is 0.127 e. The molecule has 96 valence electrons. The summed E-state index contributed by atoms with van der Waals surface area (Å²) in [6.07, 6.45) is 4.03. The number of hydrogen-bond donors (Lipinski definition) is 0. The van der Waals surface area contributed by atoms with E-state index in [0.717, 1.165) is 28.3 Å². The second-order valence-corrected chi connectivity index (χ2v) is 6.67. The summed E-state index contributed by atoms with van der Waals surface area (Å²) in [6, 6.07) is 6.26. The van der Waals surface area contributed by atoms with Gasteiger partial charge in [-0.25, -0.2) is 4.98 Å². The van der Waals surface area contributed by atoms with Crippen LogP contribution in [0.25, 0.3) is 11.0 Å². The monoisotopic (exact) mass is 326 g/mol. The Bertz CT molecular complexity index is 572. The van der Waals surface area contributed by atoms with E-state index in [0.29, 0.717) is 0 Å². The maximum absolute atomic E-state index is 6.26. The van der Waals surface area contributed by atoms with Crippen LogP contribution in [0.2, 0.25) is 0 Å². The number of alkyl halides is 1. The molecule has 0 aliphatic heterocycles. The van der Waals surface area contributed by atoms with Crippen molar-refractivity contribution in [1.29, 1.82) is 0 Å². The summed E-state index contributed by atoms with van der Waals surface area (Å²) in [6.45, 7) is 3.03. The molecule has 2 aromatic rings. The van der Waals surface area contributed by atoms with Crippen LogP contribution in [0.15, 0.2) is 22.7 Å². The third-order valence-corrected chi connectivity index (χ3v) is 4.24. The summed E-state index contributed by atoms with van der Waals surface area (Å²) in [5.74, 6) is 1.92. The van der Waals surface area contributed by atoms with E-state index in [4.69, 9.17) is 11.6 Å². The van der Waals surface area contributed by atoms with Crippen molar-refractivity contribution >= 4 is 38.6 Å². The molecule has 0 bridgehead atoms. The van der Waals surface area contributed by atoms with Crippen molar-refractivity contribution in [2.24, 2.45) is 5.92 Å². The minimum atomic E-state index is -0.0459. The SMILES string of the molecule is CC(Cl)c1nc2cc(Br)ccc2n1CCC1CC1. The standard InChI is InChI=1S/C14H16BrClN2/c1-9(16)14-17-12-8-11(15)4-5-13(12)18(14)7-6-10-2-3-10/h4-5,8-10H,2-3,6-7H2,1H3. The number of aromatic nitrogens is 2. The molecular formula is C14H16BrClN2. The van der Waals surface area contributed by atoms with Crippen LogP contribution in [0, 0.1) is 5.92 Å². The molecule has 1 aliphatic carbocycles. The molecule has 1 unspecified atom stereocenters. The zero-order valence-electron chi connectivity index (χ0n) is 10.4. The van der Waals surface area contributed by atoms with Gasteiger partial charge < -0.3 is 4.57 Å². The second kappa shape index (κ2) is 4.86. The lowest BCUT2D eigenvalue weighted by Crippen LogP contribution is -2.05. The van der Waals surface area contributed by atoms with Gasteiger partial charge >= 0.3 is 0 Å². The molecule has 0 amide bonds. The fourth-order valence-electron chi connectivity index (χ4n) is 2.38. The highest BCUT2D eigenvalue weighted by molar-refractivity contribution is 9.10. The summed E-state index contributed by atoms with van der Waals surface area (Å²) >= 11 is 9.75. The number of hydrogen-bond acceptors (Lipinski definition) is 1. The number of halogens is 2. The van der Waals surface area contributed by atoms with Gasteiger partial charge in [-0.05, 0) is 37.5 Å². The van der Waals surface area contributed by atoms with Crippen LogP contribution in [-0.2, 0) is 6.54 Å². The summed E-state index contributed by atoms with van der Waals surface area (Å²) in [7, 11) is 0. The molecule has 0 radical (unpaired) electrons. The Morgan fingerprint density at radius 2 is 2.28 bits per heavy atom. The molecular weight excluding hydrogens is 312 g/mol. The van der Waals surface area contributed by atoms with Crippen molar-refractivity contribution in [3.63, 3.8) is 0 Å². The molecule has 1 atom stereocenters. The van der Waals surface area contributed by atoms with Crippen molar-refractivity contribution in [1.82, 2.24) is 9.55 Å². The van der Waals surface area contributed by atoms with Gasteiger partial charge in [0.05, 0.1) is 16.4 Å². The van der Waals surface area contributed by atoms with Gasteiger partial charge in [-0.2, -0.15) is 0 Å². The Morgan fingerprint density at radius 3 is 2.94 bits per heavy atom. The quantitative estimate of drug-likeness (QED) is 0.730. The van der Waals surface area contributed by atoms with Gasteiger partial charge in [-0.1, -0.05) is 28.8 Å². The zero-order chi connectivity index (χ0) is 12.7. The predicted molar refractivity (Wildman–Crippen MR) is 79.0 cm³/mol. The molecule has 4 heteroatoms. The number of nitrogens with zero attached hydrogens (tertiary/aromatic N) is 2. The van der Waals surface area contributed by atoms with E-state index in [1.165, 1.54) is 24.8 Å². The largest absolute Gasteiger partial charge is 0.327 e. The van der Waals surface area contributed by atoms with Crippen molar-refractivity contribution in [2.75, 3.05) is 0 Å². The minimum absolute atomic E-state index is 0.0459. The molecule has 1 saturated carbocycles. The molecule has 1 fully saturated rings. The van der Waals surface area contributed by atoms with E-state index in [1.54, 1.807) is 0 Å². The molecule has 1 aromatic heterocycles. The summed E-state index contributed by atoms with van der Waals surface area (Å²) < 4.78 is 3.35. The van der Waals surface area contributed by atoms with Gasteiger partial charge in [0, 0.05) is 11.0 Å². The first-order valence-electron chi connectivity index (χ1n) is 6.45. The number of rotatable bonds is 4. The van der Waals surface area contributed by atoms with Gasteiger partial charge in [0.1, 0.15) is 5.82 Å². The van der Waals surface area contributed by atoms with E-state index in [2.05, 4.69) is 43.7 Å². The van der Waals surface area contributed by atoms with Crippen LogP contribution in [0.1, 0.15) is 37.4 Å². The average molecular weight is 328 g/mol. The highest BCUT2D eigenvalue weighted by Crippen LogP contribution is 2.34. The van der Waals surface area contributed by atoms with Crippen LogP contribution in [-0.4, -0.2) is 9.55 Å². The third kappa shape index (κ3) is 2.43. The molecule has 0 spiro atoms. The third-order valence-electron chi connectivity index (χ3n) is 3.55. The zero-order valence-corrected chi connectivity index (χ0v) is 12.7. The Balaban J connectivity index is 2.02. The Hall–Kier alpha value is -0.540. The van der Waals surface area contributed by atoms with Crippen LogP contribution in [0.4, 0.5) is 0 Å². The van der Waals surface area contributed by atoms with Crippen LogP contribution < -0.4 is 0 Å². The van der Waals surface area contributed by atoms with E-state index >= 15 is 0 Å². The number of benzene rings is 1. The van der Waals surface area contributed by atoms with Crippen molar-refractivity contribution < 1.29 is 0 Å².